The first-order valence-electron chi connectivity index (χ1n) is 3.99. The Hall–Kier alpha value is -0.530. The third-order valence-electron chi connectivity index (χ3n) is 1.41. The highest BCUT2D eigenvalue weighted by molar-refractivity contribution is 6.17. The lowest BCUT2D eigenvalue weighted by atomic mass is 10.2. The number of hydrogen-bond donors (Lipinski definition) is 0. The molecule has 0 fully saturated rings. The standard InChI is InChI=1S/C10H12ClO/c11-7-4-8-12-9-10-5-2-1-3-6-10/h1-3,5-6,9H,4,7-8H2. The summed E-state index contributed by atoms with van der Waals surface area (Å²) in [5.41, 5.74) is 1.09. The maximum Gasteiger partial charge on any atom is 0.113 e. The van der Waals surface area contributed by atoms with Gasteiger partial charge in [-0.25, -0.2) is 0 Å². The minimum absolute atomic E-state index is 0.655. The van der Waals surface area contributed by atoms with Gasteiger partial charge >= 0.3 is 0 Å². The van der Waals surface area contributed by atoms with E-state index >= 15 is 0 Å². The molecule has 0 amide bonds. The van der Waals surface area contributed by atoms with E-state index in [0.717, 1.165) is 12.0 Å². The van der Waals surface area contributed by atoms with Gasteiger partial charge in [0.15, 0.2) is 0 Å². The molecule has 0 saturated carbocycles. The molecule has 0 aliphatic heterocycles. The molecule has 1 radical (unpaired) electrons. The van der Waals surface area contributed by atoms with Crippen LogP contribution in [0.5, 0.6) is 0 Å². The molecule has 0 aliphatic carbocycles. The molecule has 0 unspecified atom stereocenters. The second-order valence-electron chi connectivity index (χ2n) is 2.44. The topological polar surface area (TPSA) is 9.23 Å². The van der Waals surface area contributed by atoms with Crippen molar-refractivity contribution in [2.45, 2.75) is 6.42 Å². The molecule has 0 spiro atoms. The van der Waals surface area contributed by atoms with E-state index in [4.69, 9.17) is 16.3 Å². The van der Waals surface area contributed by atoms with E-state index < -0.39 is 0 Å². The highest BCUT2D eigenvalue weighted by Crippen LogP contribution is 2.02. The molecule has 2 heteroatoms. The number of rotatable bonds is 5. The summed E-state index contributed by atoms with van der Waals surface area (Å²) in [5.74, 6) is 0.655. The van der Waals surface area contributed by atoms with Gasteiger partial charge in [0.25, 0.3) is 0 Å². The number of halogens is 1. The normalized spacial score (nSPS) is 10.1. The Labute approximate surface area is 78.3 Å². The lowest BCUT2D eigenvalue weighted by molar-refractivity contribution is 0.213. The summed E-state index contributed by atoms with van der Waals surface area (Å²) in [5, 5.41) is 0. The zero-order valence-corrected chi connectivity index (χ0v) is 7.63. The molecule has 0 aromatic heterocycles. The van der Waals surface area contributed by atoms with Gasteiger partial charge < -0.3 is 4.74 Å². The third kappa shape index (κ3) is 3.74. The largest absolute Gasteiger partial charge is 0.370 e. The third-order valence-corrected chi connectivity index (χ3v) is 1.68. The van der Waals surface area contributed by atoms with E-state index in [0.29, 0.717) is 12.5 Å². The molecule has 0 aliphatic rings. The van der Waals surface area contributed by atoms with E-state index in [1.807, 2.05) is 30.3 Å². The van der Waals surface area contributed by atoms with Gasteiger partial charge in [-0.15, -0.1) is 11.6 Å². The number of alkyl halides is 1. The van der Waals surface area contributed by atoms with Crippen LogP contribution in [0.15, 0.2) is 30.3 Å². The second kappa shape index (κ2) is 6.04. The van der Waals surface area contributed by atoms with Crippen molar-refractivity contribution in [1.82, 2.24) is 0 Å². The van der Waals surface area contributed by atoms with Gasteiger partial charge in [-0.3, -0.25) is 0 Å². The smallest absolute Gasteiger partial charge is 0.113 e. The number of hydrogen-bond acceptors (Lipinski definition) is 1. The molecule has 0 heterocycles. The summed E-state index contributed by atoms with van der Waals surface area (Å²) in [7, 11) is 0. The minimum atomic E-state index is 0.655. The quantitative estimate of drug-likeness (QED) is 0.504. The first-order valence-corrected chi connectivity index (χ1v) is 4.53. The Morgan fingerprint density at radius 2 is 2.00 bits per heavy atom. The van der Waals surface area contributed by atoms with Gasteiger partial charge in [0.05, 0.1) is 0 Å². The van der Waals surface area contributed by atoms with Crippen LogP contribution in [-0.2, 0) is 4.74 Å². The van der Waals surface area contributed by atoms with Crippen LogP contribution in [0, 0.1) is 6.61 Å². The van der Waals surface area contributed by atoms with Crippen molar-refractivity contribution >= 4 is 11.6 Å². The van der Waals surface area contributed by atoms with Crippen molar-refractivity contribution < 1.29 is 4.74 Å². The Kier molecular flexibility index (Phi) is 4.81. The Bertz CT molecular complexity index is 198. The van der Waals surface area contributed by atoms with Crippen LogP contribution in [0.2, 0.25) is 0 Å². The molecule has 0 N–H and O–H groups in total. The lowest BCUT2D eigenvalue weighted by Gasteiger charge is -2.00. The molecule has 12 heavy (non-hydrogen) atoms. The summed E-state index contributed by atoms with van der Waals surface area (Å²) >= 11 is 5.49. The van der Waals surface area contributed by atoms with Crippen LogP contribution in [0.1, 0.15) is 12.0 Å². The van der Waals surface area contributed by atoms with Gasteiger partial charge in [0.1, 0.15) is 6.61 Å². The average molecular weight is 184 g/mol. The van der Waals surface area contributed by atoms with Crippen LogP contribution in [0.3, 0.4) is 0 Å². The monoisotopic (exact) mass is 183 g/mol. The molecular formula is C10H12ClO. The van der Waals surface area contributed by atoms with Gasteiger partial charge in [-0.05, 0) is 12.0 Å². The predicted octanol–water partition coefficient (Wildman–Crippen LogP) is 2.84. The number of benzene rings is 1. The van der Waals surface area contributed by atoms with Crippen molar-refractivity contribution in [3.8, 4) is 0 Å². The molecule has 65 valence electrons. The lowest BCUT2D eigenvalue weighted by Crippen LogP contribution is -1.93. The van der Waals surface area contributed by atoms with E-state index in [1.165, 1.54) is 0 Å². The summed E-state index contributed by atoms with van der Waals surface area (Å²) in [4.78, 5) is 0. The molecular weight excluding hydrogens is 172 g/mol. The highest BCUT2D eigenvalue weighted by atomic mass is 35.5. The van der Waals surface area contributed by atoms with Gasteiger partial charge in [-0.2, -0.15) is 0 Å². The fraction of sp³-hybridized carbons (Fsp3) is 0.300. The fourth-order valence-corrected chi connectivity index (χ4v) is 0.934. The molecule has 1 nitrogen and oxygen atoms in total. The van der Waals surface area contributed by atoms with E-state index in [9.17, 15) is 0 Å². The summed E-state index contributed by atoms with van der Waals surface area (Å²) < 4.78 is 5.25. The summed E-state index contributed by atoms with van der Waals surface area (Å²) in [6.07, 6.45) is 0.894. The van der Waals surface area contributed by atoms with Crippen LogP contribution in [-0.4, -0.2) is 12.5 Å². The van der Waals surface area contributed by atoms with E-state index in [-0.39, 0.29) is 0 Å². The summed E-state index contributed by atoms with van der Waals surface area (Å²) in [6, 6.07) is 9.95. The highest BCUT2D eigenvalue weighted by Gasteiger charge is 1.91. The molecule has 0 saturated heterocycles. The first-order chi connectivity index (χ1) is 5.93. The maximum absolute atomic E-state index is 5.49. The SMILES string of the molecule is ClCCCO[CH]c1ccccc1. The zero-order chi connectivity index (χ0) is 8.65. The van der Waals surface area contributed by atoms with Crippen LogP contribution >= 0.6 is 11.6 Å². The Balaban J connectivity index is 2.16. The minimum Gasteiger partial charge on any atom is -0.370 e. The second-order valence-corrected chi connectivity index (χ2v) is 2.82. The number of ether oxygens (including phenoxy) is 1. The van der Waals surface area contributed by atoms with Crippen LogP contribution in [0.25, 0.3) is 0 Å². The Morgan fingerprint density at radius 3 is 2.67 bits per heavy atom. The van der Waals surface area contributed by atoms with Crippen molar-refractivity contribution in [3.63, 3.8) is 0 Å². The van der Waals surface area contributed by atoms with Gasteiger partial charge in [0.2, 0.25) is 0 Å². The Morgan fingerprint density at radius 1 is 1.25 bits per heavy atom. The molecule has 1 rings (SSSR count). The van der Waals surface area contributed by atoms with E-state index in [1.54, 1.807) is 6.61 Å². The fourth-order valence-electron chi connectivity index (χ4n) is 0.825. The van der Waals surface area contributed by atoms with Crippen molar-refractivity contribution in [2.75, 3.05) is 12.5 Å². The molecule has 1 aromatic rings. The van der Waals surface area contributed by atoms with Crippen molar-refractivity contribution in [2.24, 2.45) is 0 Å². The average Bonchev–Trinajstić information content (AvgIpc) is 2.14. The maximum atomic E-state index is 5.49. The van der Waals surface area contributed by atoms with Crippen LogP contribution < -0.4 is 0 Å². The summed E-state index contributed by atoms with van der Waals surface area (Å²) in [6.45, 7) is 2.45. The molecule has 0 atom stereocenters. The van der Waals surface area contributed by atoms with Crippen LogP contribution in [0.4, 0.5) is 0 Å². The van der Waals surface area contributed by atoms with Gasteiger partial charge in [-0.1, -0.05) is 30.3 Å². The van der Waals surface area contributed by atoms with Crippen molar-refractivity contribution in [1.29, 1.82) is 0 Å². The first kappa shape index (κ1) is 9.56. The zero-order valence-electron chi connectivity index (χ0n) is 6.87. The molecule has 1 aromatic carbocycles. The predicted molar refractivity (Wildman–Crippen MR) is 51.1 cm³/mol. The van der Waals surface area contributed by atoms with Crippen molar-refractivity contribution in [3.05, 3.63) is 42.5 Å². The molecule has 0 bridgehead atoms. The van der Waals surface area contributed by atoms with E-state index in [2.05, 4.69) is 0 Å². The van der Waals surface area contributed by atoms with Gasteiger partial charge in [0, 0.05) is 12.5 Å².